The normalized spacial score (nSPS) is 15.7. The molecule has 1 aromatic heterocycles. The Morgan fingerprint density at radius 2 is 2.04 bits per heavy atom. The fourth-order valence-electron chi connectivity index (χ4n) is 2.41. The number of aliphatic hydroxyl groups is 1. The van der Waals surface area contributed by atoms with Gasteiger partial charge in [0.2, 0.25) is 0 Å². The molecule has 1 saturated carbocycles. The average molecular weight is 316 g/mol. The van der Waals surface area contributed by atoms with Crippen LogP contribution in [0.5, 0.6) is 0 Å². The Kier molecular flexibility index (Phi) is 3.83. The lowest BCUT2D eigenvalue weighted by Gasteiger charge is -2.36. The second-order valence-corrected chi connectivity index (χ2v) is 5.68. The zero-order chi connectivity index (χ0) is 16.4. The monoisotopic (exact) mass is 316 g/mol. The van der Waals surface area contributed by atoms with E-state index in [2.05, 4.69) is 10.4 Å². The van der Waals surface area contributed by atoms with Crippen molar-refractivity contribution in [2.24, 2.45) is 0 Å². The zero-order valence-corrected chi connectivity index (χ0v) is 12.3. The number of nitrogens with zero attached hydrogens (tertiary/aromatic N) is 3. The number of amides is 1. The molecular formula is C15H16N4O4. The highest BCUT2D eigenvalue weighted by Crippen LogP contribution is 2.30. The molecule has 8 nitrogen and oxygen atoms in total. The molecule has 8 heteroatoms. The Bertz CT molecular complexity index is 734. The average Bonchev–Trinajstić information content (AvgIpc) is 3.01. The summed E-state index contributed by atoms with van der Waals surface area (Å²) >= 11 is 0. The van der Waals surface area contributed by atoms with Gasteiger partial charge >= 0.3 is 0 Å². The quantitative estimate of drug-likeness (QED) is 0.640. The summed E-state index contributed by atoms with van der Waals surface area (Å²) in [5, 5.41) is 27.4. The molecule has 1 aliphatic rings. The number of non-ortho nitro benzene ring substituents is 1. The lowest BCUT2D eigenvalue weighted by molar-refractivity contribution is -0.384. The first-order valence-corrected chi connectivity index (χ1v) is 7.28. The molecule has 0 saturated heterocycles. The molecule has 1 heterocycles. The van der Waals surface area contributed by atoms with Gasteiger partial charge in [-0.25, -0.2) is 4.68 Å². The summed E-state index contributed by atoms with van der Waals surface area (Å²) in [5.74, 6) is -0.356. The van der Waals surface area contributed by atoms with E-state index in [1.54, 1.807) is 24.4 Å². The second-order valence-electron chi connectivity index (χ2n) is 5.68. The first-order valence-electron chi connectivity index (χ1n) is 7.28. The van der Waals surface area contributed by atoms with Crippen molar-refractivity contribution in [1.29, 1.82) is 0 Å². The molecule has 0 atom stereocenters. The van der Waals surface area contributed by atoms with Crippen LogP contribution in [-0.4, -0.2) is 37.9 Å². The van der Waals surface area contributed by atoms with E-state index in [0.29, 0.717) is 18.5 Å². The number of nitro benzene ring substituents is 1. The van der Waals surface area contributed by atoms with E-state index in [-0.39, 0.29) is 23.8 Å². The van der Waals surface area contributed by atoms with Gasteiger partial charge in [0.15, 0.2) is 5.69 Å². The van der Waals surface area contributed by atoms with Gasteiger partial charge in [0.05, 0.1) is 16.2 Å². The Hall–Kier alpha value is -2.74. The molecule has 1 amide bonds. The van der Waals surface area contributed by atoms with Crippen molar-refractivity contribution in [3.05, 3.63) is 52.3 Å². The minimum Gasteiger partial charge on any atom is -0.388 e. The fourth-order valence-corrected chi connectivity index (χ4v) is 2.41. The molecule has 2 aromatic rings. The molecule has 3 rings (SSSR count). The van der Waals surface area contributed by atoms with Gasteiger partial charge in [-0.1, -0.05) is 0 Å². The number of rotatable bonds is 5. The highest BCUT2D eigenvalue weighted by atomic mass is 16.6. The molecule has 0 bridgehead atoms. The maximum Gasteiger partial charge on any atom is 0.271 e. The number of nitrogens with one attached hydrogen (secondary N) is 1. The van der Waals surface area contributed by atoms with Crippen LogP contribution in [0, 0.1) is 10.1 Å². The van der Waals surface area contributed by atoms with E-state index in [0.717, 1.165) is 6.42 Å². The predicted octanol–water partition coefficient (Wildman–Crippen LogP) is 1.43. The van der Waals surface area contributed by atoms with Gasteiger partial charge in [0, 0.05) is 24.9 Å². The molecule has 0 aliphatic heterocycles. The van der Waals surface area contributed by atoms with E-state index in [1.165, 1.54) is 16.8 Å². The highest BCUT2D eigenvalue weighted by Gasteiger charge is 2.34. The summed E-state index contributed by atoms with van der Waals surface area (Å²) in [6.07, 6.45) is 3.98. The van der Waals surface area contributed by atoms with Crippen molar-refractivity contribution in [3.63, 3.8) is 0 Å². The summed E-state index contributed by atoms with van der Waals surface area (Å²) in [4.78, 5) is 22.2. The Morgan fingerprint density at radius 3 is 2.61 bits per heavy atom. The number of aromatic nitrogens is 2. The molecule has 1 aliphatic carbocycles. The number of hydrogen-bond acceptors (Lipinski definition) is 5. The first kappa shape index (κ1) is 15.2. The van der Waals surface area contributed by atoms with Gasteiger partial charge < -0.3 is 10.4 Å². The molecule has 0 radical (unpaired) electrons. The minimum atomic E-state index is -0.781. The molecule has 0 unspecified atom stereocenters. The first-order chi connectivity index (χ1) is 11.0. The second kappa shape index (κ2) is 5.81. The summed E-state index contributed by atoms with van der Waals surface area (Å²) in [6, 6.07) is 7.43. The van der Waals surface area contributed by atoms with Crippen LogP contribution in [0.4, 0.5) is 5.69 Å². The van der Waals surface area contributed by atoms with Crippen LogP contribution in [-0.2, 0) is 0 Å². The maximum atomic E-state index is 12.0. The van der Waals surface area contributed by atoms with Crippen molar-refractivity contribution in [2.75, 3.05) is 6.54 Å². The fraction of sp³-hybridized carbons (Fsp3) is 0.333. The van der Waals surface area contributed by atoms with Gasteiger partial charge in [0.1, 0.15) is 0 Å². The number of carbonyl (C=O) groups excluding carboxylic acids is 1. The summed E-state index contributed by atoms with van der Waals surface area (Å²) in [5.41, 5.74) is 0.0579. The number of nitro groups is 1. The van der Waals surface area contributed by atoms with E-state index in [9.17, 15) is 20.0 Å². The van der Waals surface area contributed by atoms with Gasteiger partial charge in [-0.2, -0.15) is 5.10 Å². The van der Waals surface area contributed by atoms with Crippen molar-refractivity contribution in [1.82, 2.24) is 15.1 Å². The standard InChI is InChI=1S/C15H16N4O4/c20-14(16-10-15(21)7-1-8-15)13-6-9-18(17-13)11-2-4-12(5-3-11)19(22)23/h2-6,9,21H,1,7-8,10H2,(H,16,20). The lowest BCUT2D eigenvalue weighted by atomic mass is 9.80. The highest BCUT2D eigenvalue weighted by molar-refractivity contribution is 5.92. The number of hydrogen-bond donors (Lipinski definition) is 2. The van der Waals surface area contributed by atoms with Crippen LogP contribution in [0.15, 0.2) is 36.5 Å². The van der Waals surface area contributed by atoms with Crippen LogP contribution >= 0.6 is 0 Å². The van der Waals surface area contributed by atoms with Crippen LogP contribution < -0.4 is 5.32 Å². The summed E-state index contributed by atoms with van der Waals surface area (Å²) in [6.45, 7) is 0.218. The van der Waals surface area contributed by atoms with Gasteiger partial charge in [-0.3, -0.25) is 14.9 Å². The van der Waals surface area contributed by atoms with Crippen molar-refractivity contribution in [3.8, 4) is 5.69 Å². The van der Waals surface area contributed by atoms with E-state index >= 15 is 0 Å². The van der Waals surface area contributed by atoms with Gasteiger partial charge in [-0.15, -0.1) is 0 Å². The Morgan fingerprint density at radius 1 is 1.35 bits per heavy atom. The van der Waals surface area contributed by atoms with Crippen molar-refractivity contribution < 1.29 is 14.8 Å². The van der Waals surface area contributed by atoms with E-state index in [1.807, 2.05) is 0 Å². The van der Waals surface area contributed by atoms with Crippen molar-refractivity contribution >= 4 is 11.6 Å². The van der Waals surface area contributed by atoms with Crippen molar-refractivity contribution in [2.45, 2.75) is 24.9 Å². The lowest BCUT2D eigenvalue weighted by Crippen LogP contribution is -2.47. The Labute approximate surface area is 131 Å². The van der Waals surface area contributed by atoms with Gasteiger partial charge in [0.25, 0.3) is 11.6 Å². The maximum absolute atomic E-state index is 12.0. The van der Waals surface area contributed by atoms with Crippen LogP contribution in [0.2, 0.25) is 0 Å². The molecule has 120 valence electrons. The molecule has 1 aromatic carbocycles. The van der Waals surface area contributed by atoms with Crippen LogP contribution in [0.1, 0.15) is 29.8 Å². The van der Waals surface area contributed by atoms with Gasteiger partial charge in [-0.05, 0) is 37.5 Å². The largest absolute Gasteiger partial charge is 0.388 e. The third kappa shape index (κ3) is 3.21. The molecule has 2 N–H and O–H groups in total. The zero-order valence-electron chi connectivity index (χ0n) is 12.3. The molecular weight excluding hydrogens is 300 g/mol. The minimum absolute atomic E-state index is 0.00684. The SMILES string of the molecule is O=C(NCC1(O)CCC1)c1ccn(-c2ccc([N+](=O)[O-])cc2)n1. The smallest absolute Gasteiger partial charge is 0.271 e. The van der Waals surface area contributed by atoms with E-state index in [4.69, 9.17) is 0 Å². The van der Waals surface area contributed by atoms with E-state index < -0.39 is 10.5 Å². The Balaban J connectivity index is 1.67. The summed E-state index contributed by atoms with van der Waals surface area (Å²) < 4.78 is 1.47. The molecule has 23 heavy (non-hydrogen) atoms. The third-order valence-electron chi connectivity index (χ3n) is 4.01. The predicted molar refractivity (Wildman–Crippen MR) is 81.4 cm³/mol. The number of carbonyl (C=O) groups is 1. The molecule has 1 fully saturated rings. The van der Waals surface area contributed by atoms with Crippen LogP contribution in [0.25, 0.3) is 5.69 Å². The summed E-state index contributed by atoms with van der Waals surface area (Å²) in [7, 11) is 0. The third-order valence-corrected chi connectivity index (χ3v) is 4.01. The number of benzene rings is 1. The topological polar surface area (TPSA) is 110 Å². The van der Waals surface area contributed by atoms with Crippen LogP contribution in [0.3, 0.4) is 0 Å². The molecule has 0 spiro atoms.